The average molecular weight is 294 g/mol. The molecule has 2 aromatic carbocycles. The molecule has 0 aliphatic heterocycles. The quantitative estimate of drug-likeness (QED) is 0.827. The van der Waals surface area contributed by atoms with E-state index >= 15 is 0 Å². The van der Waals surface area contributed by atoms with Gasteiger partial charge in [0.2, 0.25) is 0 Å². The number of hydrogen-bond donors (Lipinski definition) is 2. The first kappa shape index (κ1) is 14.9. The van der Waals surface area contributed by atoms with Crippen LogP contribution < -0.4 is 11.1 Å². The molecule has 0 heterocycles. The summed E-state index contributed by atoms with van der Waals surface area (Å²) in [6, 6.07) is 9.17. The first-order chi connectivity index (χ1) is 9.79. The van der Waals surface area contributed by atoms with Gasteiger partial charge in [-0.2, -0.15) is 13.2 Å². The molecule has 0 spiro atoms. The summed E-state index contributed by atoms with van der Waals surface area (Å²) in [7, 11) is 0. The predicted octanol–water partition coefficient (Wildman–Crippen LogP) is 3.85. The lowest BCUT2D eigenvalue weighted by atomic mass is 10.1. The molecule has 2 rings (SSSR count). The molecule has 3 nitrogen and oxygen atoms in total. The van der Waals surface area contributed by atoms with Gasteiger partial charge < -0.3 is 11.1 Å². The second kappa shape index (κ2) is 5.47. The van der Waals surface area contributed by atoms with E-state index in [4.69, 9.17) is 5.73 Å². The highest BCUT2D eigenvalue weighted by Crippen LogP contribution is 2.30. The SMILES string of the molecule is Cc1c(N)cccc1C(=O)Nc1ccc(C(F)(F)F)cc1. The number of nitrogens with two attached hydrogens (primary N) is 1. The number of nitrogens with one attached hydrogen (secondary N) is 1. The average Bonchev–Trinajstić information content (AvgIpc) is 2.41. The minimum atomic E-state index is -4.40. The summed E-state index contributed by atoms with van der Waals surface area (Å²) in [5.74, 6) is -0.417. The van der Waals surface area contributed by atoms with Crippen LogP contribution in [0.2, 0.25) is 0 Å². The van der Waals surface area contributed by atoms with Crippen LogP contribution >= 0.6 is 0 Å². The molecular weight excluding hydrogens is 281 g/mol. The molecule has 21 heavy (non-hydrogen) atoms. The monoisotopic (exact) mass is 294 g/mol. The highest BCUT2D eigenvalue weighted by molar-refractivity contribution is 6.06. The third-order valence-corrected chi connectivity index (χ3v) is 3.09. The van der Waals surface area contributed by atoms with Gasteiger partial charge >= 0.3 is 6.18 Å². The minimum absolute atomic E-state index is 0.287. The van der Waals surface area contributed by atoms with Gasteiger partial charge in [-0.25, -0.2) is 0 Å². The van der Waals surface area contributed by atoms with Gasteiger partial charge in [-0.3, -0.25) is 4.79 Å². The standard InChI is InChI=1S/C15H13F3N2O/c1-9-12(3-2-4-13(9)19)14(21)20-11-7-5-10(6-8-11)15(16,17)18/h2-8H,19H2,1H3,(H,20,21). The Morgan fingerprint density at radius 3 is 2.29 bits per heavy atom. The molecule has 110 valence electrons. The Morgan fingerprint density at radius 2 is 1.71 bits per heavy atom. The molecular formula is C15H13F3N2O. The Hall–Kier alpha value is -2.50. The van der Waals surface area contributed by atoms with Crippen LogP contribution in [0.1, 0.15) is 21.5 Å². The molecule has 6 heteroatoms. The molecule has 0 fully saturated rings. The number of benzene rings is 2. The van der Waals surface area contributed by atoms with E-state index in [0.29, 0.717) is 16.8 Å². The summed E-state index contributed by atoms with van der Waals surface area (Å²) in [5, 5.41) is 2.54. The van der Waals surface area contributed by atoms with Crippen molar-refractivity contribution < 1.29 is 18.0 Å². The summed E-state index contributed by atoms with van der Waals surface area (Å²) in [5.41, 5.74) is 6.73. The summed E-state index contributed by atoms with van der Waals surface area (Å²) in [6.07, 6.45) is -4.40. The van der Waals surface area contributed by atoms with Crippen molar-refractivity contribution in [1.29, 1.82) is 0 Å². The molecule has 2 aromatic rings. The van der Waals surface area contributed by atoms with Crippen molar-refractivity contribution in [2.75, 3.05) is 11.1 Å². The summed E-state index contributed by atoms with van der Waals surface area (Å²) < 4.78 is 37.3. The minimum Gasteiger partial charge on any atom is -0.398 e. The number of carbonyl (C=O) groups is 1. The van der Waals surface area contributed by atoms with Gasteiger partial charge in [0.25, 0.3) is 5.91 Å². The number of hydrogen-bond acceptors (Lipinski definition) is 2. The largest absolute Gasteiger partial charge is 0.416 e. The zero-order chi connectivity index (χ0) is 15.6. The van der Waals surface area contributed by atoms with E-state index < -0.39 is 17.6 Å². The number of nitrogen functional groups attached to an aromatic ring is 1. The van der Waals surface area contributed by atoms with Crippen molar-refractivity contribution in [2.24, 2.45) is 0 Å². The van der Waals surface area contributed by atoms with Gasteiger partial charge in [-0.15, -0.1) is 0 Å². The van der Waals surface area contributed by atoms with E-state index in [1.807, 2.05) is 0 Å². The summed E-state index contributed by atoms with van der Waals surface area (Å²) in [4.78, 5) is 12.1. The number of alkyl halides is 3. The van der Waals surface area contributed by atoms with Gasteiger partial charge in [0.15, 0.2) is 0 Å². The predicted molar refractivity (Wildman–Crippen MR) is 75.0 cm³/mol. The molecule has 0 atom stereocenters. The maximum atomic E-state index is 12.4. The molecule has 0 saturated carbocycles. The highest BCUT2D eigenvalue weighted by atomic mass is 19.4. The van der Waals surface area contributed by atoms with Crippen molar-refractivity contribution in [2.45, 2.75) is 13.1 Å². The molecule has 0 unspecified atom stereocenters. The second-order valence-corrected chi connectivity index (χ2v) is 4.55. The van der Waals surface area contributed by atoms with E-state index in [2.05, 4.69) is 5.32 Å². The molecule has 0 aliphatic rings. The molecule has 0 aliphatic carbocycles. The van der Waals surface area contributed by atoms with E-state index in [1.165, 1.54) is 12.1 Å². The molecule has 0 bridgehead atoms. The van der Waals surface area contributed by atoms with Crippen molar-refractivity contribution in [1.82, 2.24) is 0 Å². The van der Waals surface area contributed by atoms with E-state index in [-0.39, 0.29) is 5.69 Å². The molecule has 0 saturated heterocycles. The van der Waals surface area contributed by atoms with Crippen molar-refractivity contribution >= 4 is 17.3 Å². The lowest BCUT2D eigenvalue weighted by Crippen LogP contribution is -2.14. The van der Waals surface area contributed by atoms with Gasteiger partial charge in [-0.1, -0.05) is 6.07 Å². The van der Waals surface area contributed by atoms with Crippen molar-refractivity contribution in [3.8, 4) is 0 Å². The Balaban J connectivity index is 2.18. The van der Waals surface area contributed by atoms with Gasteiger partial charge in [0.1, 0.15) is 0 Å². The molecule has 3 N–H and O–H groups in total. The van der Waals surface area contributed by atoms with Crippen LogP contribution in [0.3, 0.4) is 0 Å². The molecule has 0 aromatic heterocycles. The summed E-state index contributed by atoms with van der Waals surface area (Å²) >= 11 is 0. The van der Waals surface area contributed by atoms with Gasteiger partial charge in [-0.05, 0) is 48.9 Å². The number of amides is 1. The Kier molecular flexibility index (Phi) is 3.88. The van der Waals surface area contributed by atoms with Gasteiger partial charge in [0, 0.05) is 16.9 Å². The Morgan fingerprint density at radius 1 is 1.10 bits per heavy atom. The van der Waals surface area contributed by atoms with E-state index in [1.54, 1.807) is 25.1 Å². The first-order valence-corrected chi connectivity index (χ1v) is 6.13. The lowest BCUT2D eigenvalue weighted by Gasteiger charge is -2.11. The smallest absolute Gasteiger partial charge is 0.398 e. The second-order valence-electron chi connectivity index (χ2n) is 4.55. The fourth-order valence-corrected chi connectivity index (χ4v) is 1.84. The topological polar surface area (TPSA) is 55.1 Å². The van der Waals surface area contributed by atoms with Crippen molar-refractivity contribution in [3.63, 3.8) is 0 Å². The van der Waals surface area contributed by atoms with Crippen molar-refractivity contribution in [3.05, 3.63) is 59.2 Å². The number of carbonyl (C=O) groups excluding carboxylic acids is 1. The third kappa shape index (κ3) is 3.34. The van der Waals surface area contributed by atoms with Gasteiger partial charge in [0.05, 0.1) is 5.56 Å². The third-order valence-electron chi connectivity index (χ3n) is 3.09. The molecule has 0 radical (unpaired) electrons. The van der Waals surface area contributed by atoms with Crippen LogP contribution in [-0.2, 0) is 6.18 Å². The Labute approximate surface area is 119 Å². The maximum Gasteiger partial charge on any atom is 0.416 e. The zero-order valence-electron chi connectivity index (χ0n) is 11.2. The number of halogens is 3. The van der Waals surface area contributed by atoms with E-state index in [9.17, 15) is 18.0 Å². The number of rotatable bonds is 2. The molecule has 1 amide bonds. The van der Waals surface area contributed by atoms with Crippen LogP contribution in [-0.4, -0.2) is 5.91 Å². The fourth-order valence-electron chi connectivity index (χ4n) is 1.84. The van der Waals surface area contributed by atoms with Crippen LogP contribution in [0, 0.1) is 6.92 Å². The zero-order valence-corrected chi connectivity index (χ0v) is 11.2. The normalized spacial score (nSPS) is 11.2. The summed E-state index contributed by atoms with van der Waals surface area (Å²) in [6.45, 7) is 1.71. The lowest BCUT2D eigenvalue weighted by molar-refractivity contribution is -0.137. The Bertz CT molecular complexity index is 664. The highest BCUT2D eigenvalue weighted by Gasteiger charge is 2.30. The maximum absolute atomic E-state index is 12.4. The van der Waals surface area contributed by atoms with Crippen LogP contribution in [0.5, 0.6) is 0 Å². The van der Waals surface area contributed by atoms with Crippen LogP contribution in [0.15, 0.2) is 42.5 Å². The first-order valence-electron chi connectivity index (χ1n) is 6.13. The van der Waals surface area contributed by atoms with Crippen LogP contribution in [0.25, 0.3) is 0 Å². The van der Waals surface area contributed by atoms with E-state index in [0.717, 1.165) is 12.1 Å². The fraction of sp³-hybridized carbons (Fsp3) is 0.133. The van der Waals surface area contributed by atoms with Crippen LogP contribution in [0.4, 0.5) is 24.5 Å². The number of anilines is 2.